The van der Waals surface area contributed by atoms with Crippen molar-refractivity contribution in [2.24, 2.45) is 5.92 Å². The quantitative estimate of drug-likeness (QED) is 0.684. The van der Waals surface area contributed by atoms with Crippen molar-refractivity contribution in [2.75, 3.05) is 31.9 Å². The first-order valence-electron chi connectivity index (χ1n) is 6.48. The summed E-state index contributed by atoms with van der Waals surface area (Å²) in [6.45, 7) is 4.04. The first kappa shape index (κ1) is 13.8. The lowest BCUT2D eigenvalue weighted by molar-refractivity contribution is -0.124. The maximum absolute atomic E-state index is 12.1. The smallest absolute Gasteiger partial charge is 0.224 e. The number of carbonyl (C=O) groups is 1. The molecule has 7 heteroatoms. The summed E-state index contributed by atoms with van der Waals surface area (Å²) >= 11 is 0. The standard InChI is InChI=1S/C11H21N3O3S/c1-9(11(15)13-10-2-3-10)8-18(16,17)14-6-4-12-5-7-14/h9-10,12H,2-8H2,1H3,(H,13,15). The minimum atomic E-state index is -3.31. The molecule has 2 aliphatic rings. The lowest BCUT2D eigenvalue weighted by Gasteiger charge is -2.27. The zero-order chi connectivity index (χ0) is 13.2. The van der Waals surface area contributed by atoms with Crippen LogP contribution in [0.2, 0.25) is 0 Å². The Morgan fingerprint density at radius 1 is 1.39 bits per heavy atom. The van der Waals surface area contributed by atoms with Crippen LogP contribution in [0.25, 0.3) is 0 Å². The molecule has 2 rings (SSSR count). The molecule has 0 aromatic heterocycles. The third-order valence-electron chi connectivity index (χ3n) is 3.30. The first-order chi connectivity index (χ1) is 8.49. The second-order valence-corrected chi connectivity index (χ2v) is 7.13. The van der Waals surface area contributed by atoms with E-state index in [1.165, 1.54) is 4.31 Å². The molecule has 104 valence electrons. The minimum Gasteiger partial charge on any atom is -0.353 e. The molecule has 18 heavy (non-hydrogen) atoms. The van der Waals surface area contributed by atoms with Gasteiger partial charge in [0.05, 0.1) is 11.7 Å². The number of carbonyl (C=O) groups excluding carboxylic acids is 1. The number of rotatable bonds is 5. The average molecular weight is 275 g/mol. The summed E-state index contributed by atoms with van der Waals surface area (Å²) in [5.74, 6) is -0.715. The van der Waals surface area contributed by atoms with Gasteiger partial charge in [0.1, 0.15) is 0 Å². The SMILES string of the molecule is CC(CS(=O)(=O)N1CCNCC1)C(=O)NC1CC1. The lowest BCUT2D eigenvalue weighted by Crippen LogP contribution is -2.48. The second kappa shape index (κ2) is 5.54. The molecular formula is C11H21N3O3S. The monoisotopic (exact) mass is 275 g/mol. The molecule has 1 aliphatic carbocycles. The number of amides is 1. The molecule has 1 aliphatic heterocycles. The van der Waals surface area contributed by atoms with Gasteiger partial charge in [0, 0.05) is 32.2 Å². The van der Waals surface area contributed by atoms with Crippen molar-refractivity contribution in [1.29, 1.82) is 0 Å². The molecule has 0 radical (unpaired) electrons. The zero-order valence-electron chi connectivity index (χ0n) is 10.7. The number of nitrogens with zero attached hydrogens (tertiary/aromatic N) is 1. The van der Waals surface area contributed by atoms with Crippen molar-refractivity contribution >= 4 is 15.9 Å². The van der Waals surface area contributed by atoms with Gasteiger partial charge in [-0.3, -0.25) is 4.79 Å². The predicted octanol–water partition coefficient (Wildman–Crippen LogP) is -0.864. The largest absolute Gasteiger partial charge is 0.353 e. The van der Waals surface area contributed by atoms with Crippen LogP contribution in [-0.4, -0.2) is 56.6 Å². The van der Waals surface area contributed by atoms with E-state index in [4.69, 9.17) is 0 Å². The molecule has 2 N–H and O–H groups in total. The highest BCUT2D eigenvalue weighted by molar-refractivity contribution is 7.89. The fraction of sp³-hybridized carbons (Fsp3) is 0.909. The Hall–Kier alpha value is -0.660. The molecular weight excluding hydrogens is 254 g/mol. The van der Waals surface area contributed by atoms with Crippen molar-refractivity contribution in [1.82, 2.24) is 14.9 Å². The molecule has 1 atom stereocenters. The Morgan fingerprint density at radius 3 is 2.56 bits per heavy atom. The van der Waals surface area contributed by atoms with E-state index in [0.717, 1.165) is 12.8 Å². The summed E-state index contributed by atoms with van der Waals surface area (Å²) in [4.78, 5) is 11.7. The molecule has 1 saturated carbocycles. The van der Waals surface area contributed by atoms with Crippen LogP contribution in [0.1, 0.15) is 19.8 Å². The Bertz CT molecular complexity index is 400. The fourth-order valence-electron chi connectivity index (χ4n) is 1.99. The highest BCUT2D eigenvalue weighted by atomic mass is 32.2. The first-order valence-corrected chi connectivity index (χ1v) is 8.09. The molecule has 2 fully saturated rings. The number of hydrogen-bond acceptors (Lipinski definition) is 4. The highest BCUT2D eigenvalue weighted by Gasteiger charge is 2.31. The number of piperazine rings is 1. The molecule has 0 bridgehead atoms. The van der Waals surface area contributed by atoms with Gasteiger partial charge >= 0.3 is 0 Å². The third-order valence-corrected chi connectivity index (χ3v) is 5.37. The van der Waals surface area contributed by atoms with Crippen molar-refractivity contribution in [3.05, 3.63) is 0 Å². The summed E-state index contributed by atoms with van der Waals surface area (Å²) in [5.41, 5.74) is 0. The van der Waals surface area contributed by atoms with Gasteiger partial charge in [0.2, 0.25) is 15.9 Å². The molecule has 1 saturated heterocycles. The van der Waals surface area contributed by atoms with Crippen molar-refractivity contribution in [3.63, 3.8) is 0 Å². The molecule has 6 nitrogen and oxygen atoms in total. The van der Waals surface area contributed by atoms with E-state index >= 15 is 0 Å². The van der Waals surface area contributed by atoms with E-state index < -0.39 is 15.9 Å². The molecule has 1 amide bonds. The van der Waals surface area contributed by atoms with Crippen molar-refractivity contribution in [2.45, 2.75) is 25.8 Å². The van der Waals surface area contributed by atoms with E-state index in [1.807, 2.05) is 0 Å². The van der Waals surface area contributed by atoms with Crippen molar-refractivity contribution < 1.29 is 13.2 Å². The lowest BCUT2D eigenvalue weighted by atomic mass is 10.2. The van der Waals surface area contributed by atoms with E-state index in [2.05, 4.69) is 10.6 Å². The van der Waals surface area contributed by atoms with Gasteiger partial charge in [0.15, 0.2) is 0 Å². The Kier molecular flexibility index (Phi) is 4.24. The van der Waals surface area contributed by atoms with Crippen LogP contribution in [0.15, 0.2) is 0 Å². The Morgan fingerprint density at radius 2 is 2.00 bits per heavy atom. The minimum absolute atomic E-state index is 0.0917. The van der Waals surface area contributed by atoms with E-state index in [0.29, 0.717) is 26.2 Å². The summed E-state index contributed by atoms with van der Waals surface area (Å²) < 4.78 is 25.7. The molecule has 0 aromatic rings. The zero-order valence-corrected chi connectivity index (χ0v) is 11.5. The van der Waals surface area contributed by atoms with Gasteiger partial charge in [-0.25, -0.2) is 8.42 Å². The maximum atomic E-state index is 12.1. The van der Waals surface area contributed by atoms with E-state index in [-0.39, 0.29) is 17.7 Å². The maximum Gasteiger partial charge on any atom is 0.224 e. The van der Waals surface area contributed by atoms with Crippen LogP contribution in [0.3, 0.4) is 0 Å². The van der Waals surface area contributed by atoms with Crippen molar-refractivity contribution in [3.8, 4) is 0 Å². The van der Waals surface area contributed by atoms with Crippen LogP contribution in [0.4, 0.5) is 0 Å². The van der Waals surface area contributed by atoms with Crippen LogP contribution in [0.5, 0.6) is 0 Å². The Balaban J connectivity index is 1.87. The predicted molar refractivity (Wildman–Crippen MR) is 68.6 cm³/mol. The summed E-state index contributed by atoms with van der Waals surface area (Å²) in [6, 6.07) is 0.279. The highest BCUT2D eigenvalue weighted by Crippen LogP contribution is 2.19. The van der Waals surface area contributed by atoms with Gasteiger partial charge in [0.25, 0.3) is 0 Å². The van der Waals surface area contributed by atoms with Gasteiger partial charge < -0.3 is 10.6 Å². The summed E-state index contributed by atoms with van der Waals surface area (Å²) in [5, 5.41) is 5.96. The van der Waals surface area contributed by atoms with Gasteiger partial charge in [-0.1, -0.05) is 6.92 Å². The topological polar surface area (TPSA) is 78.5 Å². The molecule has 0 spiro atoms. The molecule has 0 aromatic carbocycles. The Labute approximate surface area is 108 Å². The van der Waals surface area contributed by atoms with Crippen LogP contribution < -0.4 is 10.6 Å². The van der Waals surface area contributed by atoms with Crippen LogP contribution >= 0.6 is 0 Å². The van der Waals surface area contributed by atoms with Crippen LogP contribution in [0, 0.1) is 5.92 Å². The van der Waals surface area contributed by atoms with E-state index in [1.54, 1.807) is 6.92 Å². The van der Waals surface area contributed by atoms with Gasteiger partial charge in [-0.05, 0) is 12.8 Å². The number of nitrogens with one attached hydrogen (secondary N) is 2. The number of sulfonamides is 1. The summed E-state index contributed by atoms with van der Waals surface area (Å²) in [6.07, 6.45) is 2.03. The van der Waals surface area contributed by atoms with Gasteiger partial charge in [-0.15, -0.1) is 0 Å². The second-order valence-electron chi connectivity index (χ2n) is 5.11. The third kappa shape index (κ3) is 3.66. The van der Waals surface area contributed by atoms with Crippen LogP contribution in [-0.2, 0) is 14.8 Å². The fourth-order valence-corrected chi connectivity index (χ4v) is 3.72. The molecule has 1 heterocycles. The number of hydrogen-bond donors (Lipinski definition) is 2. The van der Waals surface area contributed by atoms with E-state index in [9.17, 15) is 13.2 Å². The average Bonchev–Trinajstić information content (AvgIpc) is 3.13. The van der Waals surface area contributed by atoms with Gasteiger partial charge in [-0.2, -0.15) is 4.31 Å². The summed E-state index contributed by atoms with van der Waals surface area (Å²) in [7, 11) is -3.31. The normalized spacial score (nSPS) is 23.6. The molecule has 1 unspecified atom stereocenters.